The van der Waals surface area contributed by atoms with E-state index in [1.54, 1.807) is 24.4 Å². The van der Waals surface area contributed by atoms with Crippen LogP contribution in [0.1, 0.15) is 106 Å². The van der Waals surface area contributed by atoms with Crippen LogP contribution in [0.3, 0.4) is 0 Å². The Morgan fingerprint density at radius 2 is 0.750 bits per heavy atom. The summed E-state index contributed by atoms with van der Waals surface area (Å²) >= 11 is 2.83. The van der Waals surface area contributed by atoms with Gasteiger partial charge in [0.1, 0.15) is 69.3 Å². The number of aliphatic hydroxyl groups excluding tert-OH is 1. The molecular formula is C67H122N31O25S+9. The van der Waals surface area contributed by atoms with Gasteiger partial charge in [0.25, 0.3) is 34.1 Å². The summed E-state index contributed by atoms with van der Waals surface area (Å²) in [5, 5.41) is 164. The Labute approximate surface area is 712 Å². The molecular weight excluding hydrogens is 1670 g/mol. The van der Waals surface area contributed by atoms with E-state index in [9.17, 15) is 85.4 Å². The van der Waals surface area contributed by atoms with Crippen LogP contribution in [0.2, 0.25) is 0 Å². The number of nitrogens with zero attached hydrogens (tertiary/aromatic N) is 5. The van der Waals surface area contributed by atoms with E-state index in [0.29, 0.717) is 25.3 Å². The molecule has 124 heavy (non-hydrogen) atoms. The predicted molar refractivity (Wildman–Crippen MR) is 417 cm³/mol. The zero-order valence-electron chi connectivity index (χ0n) is 69.4. The standard InChI is InChI=1S/C14H25N7O4.C14H24N6O4.C14H22N6O4.C13H22N6O8.C12H20N6O4.OS/c1-7(22)25-6-9-10-14(20-11(15)19-10)13(23,24)5-8(3-4-17-2)21(14)12(16)18-9;2*1-3-4-8-5-13(22,23)14-10(18-11(15)19-14)9(6-24-7(2)21)17-12(16)20(8)14;1-5(21)25-4-6-8-12(18-10(14)17-8)13(22,23)9(26-27-24)7(2-3-20)19(12)11(15)16-6;1-5-3-11(20,21)12-8(16-9(13)17-12)7(4-22-6(2)19)15-10(14)18(5)12;1-2/h8-10,17,23-24H,3-6H2,1-2H3,(H5,15,16,18,19,20);8-10,22-23H,3-6H2,1-2H3,(H5,15,16,17,18,19);3,8-10,22-23H,1,4-6H2,2H3,(H5,15,16,17,18,19);6-9,20,22-23H,2-4H2,1H3,(H6,14,15,16,17,18,24);5,7-8,20-21H,3-4H2,1-2H3,(H5,13,14,15,16,17);/p+9/t3*8-,9-,10-,14-;6-,7-,8-,9-,12-;5-,7-,8-,12-;/m00000./s1. The number of carbonyl (C=O) groups is 5. The van der Waals surface area contributed by atoms with Gasteiger partial charge >= 0.3 is 89.4 Å². The topological polar surface area (TPSA) is 890 Å². The van der Waals surface area contributed by atoms with Crippen molar-refractivity contribution >= 4 is 102 Å². The molecule has 15 rings (SSSR count). The number of hydrogen-bond donors (Lipinski definition) is 37. The molecule has 21 atom stereocenters. The minimum atomic E-state index is -2.75. The van der Waals surface area contributed by atoms with Gasteiger partial charge in [0.2, 0.25) is 23.1 Å². The Bertz CT molecular complexity index is 4450. The Balaban J connectivity index is 0.000000161. The minimum Gasteiger partial charge on any atom is -0.692 e. The molecule has 0 bridgehead atoms. The lowest BCUT2D eigenvalue weighted by Crippen LogP contribution is -2.92. The van der Waals surface area contributed by atoms with E-state index in [1.807, 2.05) is 20.9 Å². The summed E-state index contributed by atoms with van der Waals surface area (Å²) < 4.78 is 41.4. The smallest absolute Gasteiger partial charge is 0.347 e. The van der Waals surface area contributed by atoms with Gasteiger partial charge in [0.05, 0.1) is 24.2 Å². The van der Waals surface area contributed by atoms with Crippen molar-refractivity contribution < 1.29 is 171 Å². The molecule has 0 radical (unpaired) electrons. The average Bonchev–Trinajstić information content (AvgIpc) is 1.52. The molecule has 15 aliphatic heterocycles. The second-order valence-electron chi connectivity index (χ2n) is 32.7. The molecule has 0 unspecified atom stereocenters. The van der Waals surface area contributed by atoms with Gasteiger partial charge in [-0.15, -0.1) is 6.58 Å². The summed E-state index contributed by atoms with van der Waals surface area (Å²) in [5.74, 6) is -11.4. The van der Waals surface area contributed by atoms with Crippen LogP contribution in [0.4, 0.5) is 0 Å². The highest BCUT2D eigenvalue weighted by Crippen LogP contribution is 2.47. The van der Waals surface area contributed by atoms with E-state index >= 15 is 0 Å². The van der Waals surface area contributed by atoms with Crippen molar-refractivity contribution in [1.82, 2.24) is 58.5 Å². The van der Waals surface area contributed by atoms with Crippen molar-refractivity contribution in [1.29, 1.82) is 0 Å². The fourth-order valence-electron chi connectivity index (χ4n) is 20.6. The Kier molecular flexibility index (Phi) is 27.5. The number of rotatable bonds is 21. The first kappa shape index (κ1) is 95.4. The number of carbonyl (C=O) groups excluding carboxylic acids is 5. The van der Waals surface area contributed by atoms with Gasteiger partial charge < -0.3 is 90.4 Å². The lowest BCUT2D eigenvalue weighted by Gasteiger charge is -2.40. The van der Waals surface area contributed by atoms with Gasteiger partial charge in [-0.1, -0.05) is 19.4 Å². The van der Waals surface area contributed by atoms with E-state index in [2.05, 4.69) is 112 Å². The van der Waals surface area contributed by atoms with Gasteiger partial charge in [-0.2, -0.15) is 4.21 Å². The molecule has 15 heterocycles. The van der Waals surface area contributed by atoms with Crippen LogP contribution in [-0.2, 0) is 70.1 Å². The molecule has 56 nitrogen and oxygen atoms in total. The molecule has 0 aromatic heterocycles. The fraction of sp³-hybridized carbons (Fsp3) is 0.746. The average molecular weight is 1790 g/mol. The Morgan fingerprint density at radius 3 is 1.06 bits per heavy atom. The number of hydrogen-bond acceptors (Lipinski definition) is 47. The number of aliphatic hydroxyl groups is 11. The highest BCUT2D eigenvalue weighted by molar-refractivity contribution is 7.44. The second kappa shape index (κ2) is 35.7. The summed E-state index contributed by atoms with van der Waals surface area (Å²) in [7, 11) is 1.83. The van der Waals surface area contributed by atoms with E-state index < -0.39 is 160 Å². The van der Waals surface area contributed by atoms with Crippen molar-refractivity contribution in [2.75, 3.05) is 53.2 Å². The highest BCUT2D eigenvalue weighted by atomic mass is 32.1. The first-order valence-corrected chi connectivity index (χ1v) is 40.1. The van der Waals surface area contributed by atoms with E-state index in [4.69, 9.17) is 85.2 Å². The molecule has 5 saturated heterocycles. The largest absolute Gasteiger partial charge is 0.692 e. The Hall–Kier alpha value is -10.8. The van der Waals surface area contributed by atoms with Gasteiger partial charge in [-0.25, -0.2) is 54.3 Å². The Morgan fingerprint density at radius 1 is 0.468 bits per heavy atom. The molecule has 15 aliphatic rings. The zero-order valence-corrected chi connectivity index (χ0v) is 70.2. The van der Waals surface area contributed by atoms with Crippen molar-refractivity contribution in [3.63, 3.8) is 0 Å². The predicted octanol–water partition coefficient (Wildman–Crippen LogP) is -29.9. The number of ether oxygens (including phenoxy) is 5. The quantitative estimate of drug-likeness (QED) is 0.00965. The SMILES string of the molecule is C=CC[C@H]1CC(O)(O)[C@]23NC(N)=[NH+][C@H]2[C@H](COC(C)=O)NC(N)=[N+]13.CC(=O)OC[C@@H]1NC(N)=[N+]2[C@@H](C)CC(O)(O)[C@@]23NC(N)=[NH+][C@@H]13.CC(=O)OC[C@@H]1NC(N)=[N+]2[C@@H](CCO)[C@H](OO[O-])C(O)(O)[C@@]23NC(N)=[NH+][C@@H]13.CCC[C@H]1CC(O)(O)[C@]23NC(N)=[NH+][C@H]2[C@H](COC(C)=O)NC(N)=[N+]13.CNCC[C@H]1CC(O)(O)[C@]23NC(N)=[NH+][C@H]2[C@H](COC(C)=O)NC(N)=[N+]13.O=S. The van der Waals surface area contributed by atoms with Gasteiger partial charge in [0, 0.05) is 73.3 Å². The monoisotopic (exact) mass is 1790 g/mol. The van der Waals surface area contributed by atoms with Crippen LogP contribution in [0.15, 0.2) is 12.7 Å². The van der Waals surface area contributed by atoms with Crippen molar-refractivity contribution in [2.45, 2.75) is 260 Å². The fourth-order valence-corrected chi connectivity index (χ4v) is 20.6. The maximum atomic E-state index is 11.2. The normalized spacial score (nSPS) is 36.0. The molecule has 0 amide bonds. The van der Waals surface area contributed by atoms with Crippen LogP contribution in [-0.4, -0.2) is 380 Å². The molecule has 57 heteroatoms. The minimum absolute atomic E-state index is 0.000451. The van der Waals surface area contributed by atoms with Gasteiger partial charge in [0.15, 0.2) is 48.8 Å². The third kappa shape index (κ3) is 16.0. The summed E-state index contributed by atoms with van der Waals surface area (Å²) in [6.07, 6.45) is 3.20. The maximum Gasteiger partial charge on any atom is 0.347 e. The van der Waals surface area contributed by atoms with Gasteiger partial charge in [-0.05, 0) is 39.8 Å². The molecule has 0 aromatic rings. The zero-order chi connectivity index (χ0) is 92.1. The van der Waals surface area contributed by atoms with Gasteiger partial charge in [-0.3, -0.25) is 138 Å². The number of guanidine groups is 10. The van der Waals surface area contributed by atoms with Crippen LogP contribution in [0.25, 0.3) is 0 Å². The molecule has 0 saturated carbocycles. The molecule has 5 spiro atoms. The lowest BCUT2D eigenvalue weighted by molar-refractivity contribution is -0.809. The summed E-state index contributed by atoms with van der Waals surface area (Å²) in [5.41, 5.74) is 53.0. The van der Waals surface area contributed by atoms with E-state index in [1.165, 1.54) is 39.2 Å². The third-order valence-corrected chi connectivity index (χ3v) is 24.8. The third-order valence-electron chi connectivity index (χ3n) is 24.8. The summed E-state index contributed by atoms with van der Waals surface area (Å²) in [6.45, 7) is 14.2. The summed E-state index contributed by atoms with van der Waals surface area (Å²) in [4.78, 5) is 75.2. The first-order chi connectivity index (χ1) is 58.1. The molecule has 0 aliphatic carbocycles. The molecule has 692 valence electrons. The highest BCUT2D eigenvalue weighted by Gasteiger charge is 2.84. The molecule has 47 N–H and O–H groups in total. The lowest BCUT2D eigenvalue weighted by atomic mass is 9.86. The number of nitrogens with two attached hydrogens (primary N) is 10. The van der Waals surface area contributed by atoms with Crippen LogP contribution < -0.4 is 146 Å². The van der Waals surface area contributed by atoms with Crippen molar-refractivity contribution in [3.05, 3.63) is 12.7 Å². The second-order valence-corrected chi connectivity index (χ2v) is 32.7. The van der Waals surface area contributed by atoms with Crippen molar-refractivity contribution in [2.24, 2.45) is 57.3 Å². The van der Waals surface area contributed by atoms with Crippen LogP contribution in [0, 0.1) is 0 Å². The first-order valence-electron chi connectivity index (χ1n) is 39.7. The van der Waals surface area contributed by atoms with Crippen molar-refractivity contribution in [3.8, 4) is 0 Å². The maximum absolute atomic E-state index is 11.2. The van der Waals surface area contributed by atoms with E-state index in [-0.39, 0.29) is 150 Å². The molecule has 5 fully saturated rings. The summed E-state index contributed by atoms with van der Waals surface area (Å²) in [6, 6.07) is -7.67. The van der Waals surface area contributed by atoms with Crippen LogP contribution in [0.5, 0.6) is 0 Å². The number of esters is 5. The molecule has 0 aromatic carbocycles. The van der Waals surface area contributed by atoms with Crippen LogP contribution >= 0.6 is 0 Å². The number of nitrogens with one attached hydrogen (secondary N) is 16. The van der Waals surface area contributed by atoms with E-state index in [0.717, 1.165) is 12.8 Å².